The molecule has 0 bridgehead atoms. The number of hydrazone groups is 1. The van der Waals surface area contributed by atoms with E-state index in [-0.39, 0.29) is 12.3 Å². The van der Waals surface area contributed by atoms with Crippen molar-refractivity contribution in [1.82, 2.24) is 9.99 Å². The molecule has 5 nitrogen and oxygen atoms in total. The van der Waals surface area contributed by atoms with Crippen LogP contribution in [0.25, 0.3) is 5.69 Å². The van der Waals surface area contributed by atoms with Gasteiger partial charge in [-0.15, -0.1) is 0 Å². The van der Waals surface area contributed by atoms with Crippen molar-refractivity contribution in [2.24, 2.45) is 5.10 Å². The molecule has 6 heteroatoms. The van der Waals surface area contributed by atoms with Gasteiger partial charge in [0.05, 0.1) is 19.7 Å². The van der Waals surface area contributed by atoms with Gasteiger partial charge in [0, 0.05) is 27.7 Å². The van der Waals surface area contributed by atoms with Gasteiger partial charge < -0.3 is 9.30 Å². The zero-order chi connectivity index (χ0) is 21.0. The maximum atomic E-state index is 12.1. The molecule has 0 atom stereocenters. The van der Waals surface area contributed by atoms with Gasteiger partial charge in [-0.2, -0.15) is 5.10 Å². The number of carbonyl (C=O) groups is 1. The van der Waals surface area contributed by atoms with Crippen LogP contribution in [0.4, 0.5) is 0 Å². The number of aromatic nitrogens is 1. The molecule has 1 aromatic heterocycles. The van der Waals surface area contributed by atoms with E-state index in [9.17, 15) is 4.79 Å². The number of halogens is 1. The molecule has 0 aliphatic heterocycles. The molecule has 0 unspecified atom stereocenters. The standard InChI is InChI=1S/C23H24ClN3O2/c1-15-5-8-20(13-22(15)24)27-16(2)11-19(17(27)3)14-25-26-23(28)12-18-6-9-21(29-4)10-7-18/h5-11,13-14H,12H2,1-4H3,(H,26,28)/b25-14-. The minimum atomic E-state index is -0.175. The van der Waals surface area contributed by atoms with Crippen LogP contribution >= 0.6 is 11.6 Å². The van der Waals surface area contributed by atoms with Crippen molar-refractivity contribution in [1.29, 1.82) is 0 Å². The van der Waals surface area contributed by atoms with Crippen molar-refractivity contribution in [2.45, 2.75) is 27.2 Å². The molecule has 3 aromatic rings. The molecule has 0 radical (unpaired) electrons. The molecule has 1 heterocycles. The zero-order valence-corrected chi connectivity index (χ0v) is 17.7. The Bertz CT molecular complexity index is 1050. The number of ether oxygens (including phenoxy) is 1. The Morgan fingerprint density at radius 3 is 2.52 bits per heavy atom. The lowest BCUT2D eigenvalue weighted by Crippen LogP contribution is -2.19. The van der Waals surface area contributed by atoms with Crippen LogP contribution in [0.2, 0.25) is 5.02 Å². The smallest absolute Gasteiger partial charge is 0.244 e. The third kappa shape index (κ3) is 4.87. The van der Waals surface area contributed by atoms with Crippen LogP contribution in [-0.2, 0) is 11.2 Å². The first-order valence-corrected chi connectivity index (χ1v) is 9.67. The molecule has 1 amide bonds. The molecule has 0 aliphatic carbocycles. The summed E-state index contributed by atoms with van der Waals surface area (Å²) in [5, 5.41) is 4.86. The van der Waals surface area contributed by atoms with E-state index in [0.717, 1.165) is 44.5 Å². The number of methoxy groups -OCH3 is 1. The number of aryl methyl sites for hydroxylation is 2. The summed E-state index contributed by atoms with van der Waals surface area (Å²) in [5.74, 6) is 0.586. The second-order valence-corrected chi connectivity index (χ2v) is 7.32. The van der Waals surface area contributed by atoms with Crippen LogP contribution in [0.1, 0.15) is 28.1 Å². The van der Waals surface area contributed by atoms with Crippen LogP contribution in [0, 0.1) is 20.8 Å². The monoisotopic (exact) mass is 409 g/mol. The lowest BCUT2D eigenvalue weighted by molar-refractivity contribution is -0.120. The van der Waals surface area contributed by atoms with Crippen molar-refractivity contribution < 1.29 is 9.53 Å². The quantitative estimate of drug-likeness (QED) is 0.471. The molecule has 3 rings (SSSR count). The number of nitrogens with one attached hydrogen (secondary N) is 1. The minimum Gasteiger partial charge on any atom is -0.497 e. The van der Waals surface area contributed by atoms with Crippen molar-refractivity contribution in [3.63, 3.8) is 0 Å². The Hall–Kier alpha value is -3.05. The maximum absolute atomic E-state index is 12.1. The highest BCUT2D eigenvalue weighted by Gasteiger charge is 2.10. The van der Waals surface area contributed by atoms with Gasteiger partial charge in [-0.1, -0.05) is 29.8 Å². The van der Waals surface area contributed by atoms with Gasteiger partial charge in [0.1, 0.15) is 5.75 Å². The van der Waals surface area contributed by atoms with Crippen molar-refractivity contribution in [3.8, 4) is 11.4 Å². The predicted octanol–water partition coefficient (Wildman–Crippen LogP) is 4.76. The topological polar surface area (TPSA) is 55.6 Å². The zero-order valence-electron chi connectivity index (χ0n) is 17.0. The van der Waals surface area contributed by atoms with E-state index in [2.05, 4.69) is 15.1 Å². The highest BCUT2D eigenvalue weighted by molar-refractivity contribution is 6.31. The lowest BCUT2D eigenvalue weighted by atomic mass is 10.1. The summed E-state index contributed by atoms with van der Waals surface area (Å²) in [6.45, 7) is 6.02. The average molecular weight is 410 g/mol. The van der Waals surface area contributed by atoms with E-state index >= 15 is 0 Å². The van der Waals surface area contributed by atoms with Crippen molar-refractivity contribution in [3.05, 3.63) is 81.6 Å². The summed E-state index contributed by atoms with van der Waals surface area (Å²) >= 11 is 6.28. The number of amides is 1. The Morgan fingerprint density at radius 2 is 1.86 bits per heavy atom. The van der Waals surface area contributed by atoms with E-state index in [1.165, 1.54) is 0 Å². The average Bonchev–Trinajstić information content (AvgIpc) is 2.98. The number of hydrogen-bond donors (Lipinski definition) is 1. The van der Waals surface area contributed by atoms with E-state index in [1.807, 2.05) is 69.3 Å². The molecule has 2 aromatic carbocycles. The first-order chi connectivity index (χ1) is 13.9. The third-order valence-corrected chi connectivity index (χ3v) is 5.21. The first-order valence-electron chi connectivity index (χ1n) is 9.29. The summed E-state index contributed by atoms with van der Waals surface area (Å²) in [6, 6.07) is 15.4. The fourth-order valence-corrected chi connectivity index (χ4v) is 3.35. The maximum Gasteiger partial charge on any atom is 0.244 e. The summed E-state index contributed by atoms with van der Waals surface area (Å²) in [6.07, 6.45) is 1.92. The van der Waals surface area contributed by atoms with E-state index < -0.39 is 0 Å². The third-order valence-electron chi connectivity index (χ3n) is 4.80. The SMILES string of the molecule is COc1ccc(CC(=O)N/N=C\c2cc(C)n(-c3ccc(C)c(Cl)c3)c2C)cc1. The highest BCUT2D eigenvalue weighted by Crippen LogP contribution is 2.24. The summed E-state index contributed by atoms with van der Waals surface area (Å²) < 4.78 is 7.24. The fraction of sp³-hybridized carbons (Fsp3) is 0.217. The van der Waals surface area contributed by atoms with Gasteiger partial charge >= 0.3 is 0 Å². The van der Waals surface area contributed by atoms with Crippen LogP contribution in [-0.4, -0.2) is 23.8 Å². The van der Waals surface area contributed by atoms with Gasteiger partial charge in [-0.05, 0) is 62.2 Å². The Kier molecular flexibility index (Phi) is 6.39. The van der Waals surface area contributed by atoms with Crippen LogP contribution in [0.15, 0.2) is 53.6 Å². The van der Waals surface area contributed by atoms with Gasteiger partial charge in [0.15, 0.2) is 0 Å². The largest absolute Gasteiger partial charge is 0.497 e. The van der Waals surface area contributed by atoms with E-state index in [4.69, 9.17) is 16.3 Å². The Morgan fingerprint density at radius 1 is 1.14 bits per heavy atom. The molecule has 150 valence electrons. The molecule has 29 heavy (non-hydrogen) atoms. The first kappa shape index (κ1) is 20.7. The van der Waals surface area contributed by atoms with Crippen molar-refractivity contribution >= 4 is 23.7 Å². The number of hydrogen-bond acceptors (Lipinski definition) is 3. The predicted molar refractivity (Wildman–Crippen MR) is 117 cm³/mol. The van der Waals surface area contributed by atoms with Crippen LogP contribution in [0.3, 0.4) is 0 Å². The highest BCUT2D eigenvalue weighted by atomic mass is 35.5. The summed E-state index contributed by atoms with van der Waals surface area (Å²) in [7, 11) is 1.61. The van der Waals surface area contributed by atoms with Gasteiger partial charge in [-0.25, -0.2) is 5.43 Å². The minimum absolute atomic E-state index is 0.175. The molecule has 0 saturated carbocycles. The van der Waals surface area contributed by atoms with Crippen LogP contribution in [0.5, 0.6) is 5.75 Å². The second-order valence-electron chi connectivity index (χ2n) is 6.91. The van der Waals surface area contributed by atoms with Gasteiger partial charge in [0.25, 0.3) is 0 Å². The summed E-state index contributed by atoms with van der Waals surface area (Å²) in [4.78, 5) is 12.1. The normalized spacial score (nSPS) is 11.1. The number of benzene rings is 2. The second kappa shape index (κ2) is 8.97. The molecule has 0 fully saturated rings. The van der Waals surface area contributed by atoms with E-state index in [1.54, 1.807) is 13.3 Å². The molecule has 0 spiro atoms. The summed E-state index contributed by atoms with van der Waals surface area (Å²) in [5.41, 5.74) is 8.55. The molecule has 0 saturated heterocycles. The molecular weight excluding hydrogens is 386 g/mol. The Balaban J connectivity index is 1.69. The Labute approximate surface area is 176 Å². The fourth-order valence-electron chi connectivity index (χ4n) is 3.18. The van der Waals surface area contributed by atoms with E-state index in [0.29, 0.717) is 0 Å². The number of carbonyl (C=O) groups excluding carboxylic acids is 1. The van der Waals surface area contributed by atoms with Gasteiger partial charge in [0.2, 0.25) is 5.91 Å². The lowest BCUT2D eigenvalue weighted by Gasteiger charge is -2.11. The molecule has 1 N–H and O–H groups in total. The van der Waals surface area contributed by atoms with Crippen molar-refractivity contribution in [2.75, 3.05) is 7.11 Å². The molecular formula is C23H24ClN3O2. The van der Waals surface area contributed by atoms with Crippen LogP contribution < -0.4 is 10.2 Å². The van der Waals surface area contributed by atoms with Gasteiger partial charge in [-0.3, -0.25) is 4.79 Å². The molecule has 0 aliphatic rings. The number of nitrogens with zero attached hydrogens (tertiary/aromatic N) is 2. The number of rotatable bonds is 6.